The number of ether oxygens (including phenoxy) is 1. The predicted octanol–water partition coefficient (Wildman–Crippen LogP) is 1.35. The SMILES string of the molecule is CCC1CCCCC1OC(C)C(=O)NN. The summed E-state index contributed by atoms with van der Waals surface area (Å²) < 4.78 is 5.76. The lowest BCUT2D eigenvalue weighted by Crippen LogP contribution is -2.42. The second-order valence-electron chi connectivity index (χ2n) is 4.28. The molecule has 4 heteroatoms. The summed E-state index contributed by atoms with van der Waals surface area (Å²) in [6.07, 6.45) is 5.71. The number of hydrogen-bond donors (Lipinski definition) is 2. The highest BCUT2D eigenvalue weighted by Crippen LogP contribution is 2.29. The van der Waals surface area contributed by atoms with E-state index in [9.17, 15) is 4.79 Å². The van der Waals surface area contributed by atoms with Gasteiger partial charge in [-0.3, -0.25) is 10.2 Å². The van der Waals surface area contributed by atoms with Crippen LogP contribution in [0.5, 0.6) is 0 Å². The predicted molar refractivity (Wildman–Crippen MR) is 58.9 cm³/mol. The van der Waals surface area contributed by atoms with Gasteiger partial charge in [0.25, 0.3) is 5.91 Å². The van der Waals surface area contributed by atoms with Gasteiger partial charge in [0.05, 0.1) is 6.10 Å². The topological polar surface area (TPSA) is 64.3 Å². The average Bonchev–Trinajstić information content (AvgIpc) is 2.28. The first kappa shape index (κ1) is 12.5. The van der Waals surface area contributed by atoms with Gasteiger partial charge in [0.2, 0.25) is 0 Å². The number of amides is 1. The molecule has 0 spiro atoms. The number of rotatable bonds is 4. The molecule has 1 aliphatic rings. The summed E-state index contributed by atoms with van der Waals surface area (Å²) in [6.45, 7) is 3.93. The van der Waals surface area contributed by atoms with Crippen molar-refractivity contribution in [3.8, 4) is 0 Å². The first-order valence-electron chi connectivity index (χ1n) is 5.85. The highest BCUT2D eigenvalue weighted by atomic mass is 16.5. The molecule has 0 bridgehead atoms. The Morgan fingerprint density at radius 1 is 1.53 bits per heavy atom. The van der Waals surface area contributed by atoms with Crippen LogP contribution >= 0.6 is 0 Å². The molecule has 0 heterocycles. The normalized spacial score (nSPS) is 28.5. The maximum Gasteiger partial charge on any atom is 0.262 e. The summed E-state index contributed by atoms with van der Waals surface area (Å²) in [7, 11) is 0. The molecule has 1 aliphatic carbocycles. The zero-order valence-corrected chi connectivity index (χ0v) is 9.66. The van der Waals surface area contributed by atoms with E-state index < -0.39 is 6.10 Å². The lowest BCUT2D eigenvalue weighted by atomic mass is 9.84. The summed E-state index contributed by atoms with van der Waals surface area (Å²) in [5.74, 6) is 5.43. The van der Waals surface area contributed by atoms with Gasteiger partial charge in [0.1, 0.15) is 6.10 Å². The Morgan fingerprint density at radius 2 is 2.20 bits per heavy atom. The number of nitrogens with two attached hydrogens (primary N) is 1. The molecule has 1 amide bonds. The molecule has 1 saturated carbocycles. The standard InChI is InChI=1S/C11H22N2O2/c1-3-9-6-4-5-7-10(9)15-8(2)11(14)13-12/h8-10H,3-7,12H2,1-2H3,(H,13,14). The van der Waals surface area contributed by atoms with E-state index in [1.165, 1.54) is 19.3 Å². The van der Waals surface area contributed by atoms with Gasteiger partial charge in [0, 0.05) is 0 Å². The van der Waals surface area contributed by atoms with E-state index in [-0.39, 0.29) is 12.0 Å². The van der Waals surface area contributed by atoms with E-state index in [4.69, 9.17) is 10.6 Å². The minimum Gasteiger partial charge on any atom is -0.365 e. The molecule has 3 N–H and O–H groups in total. The smallest absolute Gasteiger partial charge is 0.262 e. The molecule has 3 atom stereocenters. The van der Waals surface area contributed by atoms with Crippen LogP contribution in [0.4, 0.5) is 0 Å². The monoisotopic (exact) mass is 214 g/mol. The second-order valence-corrected chi connectivity index (χ2v) is 4.28. The van der Waals surface area contributed by atoms with E-state index in [0.717, 1.165) is 12.8 Å². The molecule has 0 aromatic heterocycles. The molecule has 0 saturated heterocycles. The number of carbonyl (C=O) groups is 1. The maximum absolute atomic E-state index is 11.2. The summed E-state index contributed by atoms with van der Waals surface area (Å²) in [6, 6.07) is 0. The molecule has 0 aliphatic heterocycles. The van der Waals surface area contributed by atoms with E-state index in [1.807, 2.05) is 0 Å². The Bertz CT molecular complexity index is 209. The van der Waals surface area contributed by atoms with Crippen molar-refractivity contribution in [3.05, 3.63) is 0 Å². The third-order valence-corrected chi connectivity index (χ3v) is 3.25. The first-order chi connectivity index (χ1) is 7.19. The largest absolute Gasteiger partial charge is 0.365 e. The van der Waals surface area contributed by atoms with E-state index in [0.29, 0.717) is 5.92 Å². The van der Waals surface area contributed by atoms with Crippen LogP contribution in [0.1, 0.15) is 46.0 Å². The van der Waals surface area contributed by atoms with Gasteiger partial charge in [-0.05, 0) is 25.7 Å². The third kappa shape index (κ3) is 3.47. The van der Waals surface area contributed by atoms with Crippen LogP contribution in [-0.4, -0.2) is 18.1 Å². The fourth-order valence-corrected chi connectivity index (χ4v) is 2.26. The van der Waals surface area contributed by atoms with Crippen molar-refractivity contribution in [2.24, 2.45) is 11.8 Å². The molecule has 4 nitrogen and oxygen atoms in total. The summed E-state index contributed by atoms with van der Waals surface area (Å²) in [5, 5.41) is 0. The van der Waals surface area contributed by atoms with Crippen molar-refractivity contribution in [3.63, 3.8) is 0 Å². The highest BCUT2D eigenvalue weighted by Gasteiger charge is 2.27. The minimum absolute atomic E-state index is 0.232. The van der Waals surface area contributed by atoms with Crippen LogP contribution < -0.4 is 11.3 Å². The number of hydrazine groups is 1. The van der Waals surface area contributed by atoms with Crippen LogP contribution in [0.2, 0.25) is 0 Å². The van der Waals surface area contributed by atoms with Crippen LogP contribution in [0.3, 0.4) is 0 Å². The Labute approximate surface area is 91.5 Å². The van der Waals surface area contributed by atoms with Gasteiger partial charge >= 0.3 is 0 Å². The Kier molecular flexibility index (Phi) is 5.05. The quantitative estimate of drug-likeness (QED) is 0.422. The van der Waals surface area contributed by atoms with Gasteiger partial charge in [-0.2, -0.15) is 0 Å². The Hall–Kier alpha value is -0.610. The highest BCUT2D eigenvalue weighted by molar-refractivity contribution is 5.79. The molecule has 88 valence electrons. The number of nitrogens with one attached hydrogen (secondary N) is 1. The second kappa shape index (κ2) is 6.08. The zero-order chi connectivity index (χ0) is 11.3. The molecule has 1 fully saturated rings. The van der Waals surface area contributed by atoms with Crippen molar-refractivity contribution < 1.29 is 9.53 Å². The molecule has 0 aromatic rings. The fraction of sp³-hybridized carbons (Fsp3) is 0.909. The lowest BCUT2D eigenvalue weighted by molar-refractivity contribution is -0.139. The molecule has 1 rings (SSSR count). The zero-order valence-electron chi connectivity index (χ0n) is 9.66. The molecule has 0 radical (unpaired) electrons. The van der Waals surface area contributed by atoms with E-state index in [2.05, 4.69) is 12.3 Å². The van der Waals surface area contributed by atoms with Crippen LogP contribution in [0.25, 0.3) is 0 Å². The number of carbonyl (C=O) groups excluding carboxylic acids is 1. The summed E-state index contributed by atoms with van der Waals surface area (Å²) >= 11 is 0. The van der Waals surface area contributed by atoms with Gasteiger partial charge in [-0.15, -0.1) is 0 Å². The molecular formula is C11H22N2O2. The van der Waals surface area contributed by atoms with Gasteiger partial charge in [0.15, 0.2) is 0 Å². The first-order valence-corrected chi connectivity index (χ1v) is 5.85. The van der Waals surface area contributed by atoms with Crippen molar-refractivity contribution in [1.82, 2.24) is 5.43 Å². The minimum atomic E-state index is -0.438. The molecular weight excluding hydrogens is 192 g/mol. The maximum atomic E-state index is 11.2. The van der Waals surface area contributed by atoms with Crippen molar-refractivity contribution in [2.45, 2.75) is 58.2 Å². The molecule has 15 heavy (non-hydrogen) atoms. The third-order valence-electron chi connectivity index (χ3n) is 3.25. The molecule has 0 aromatic carbocycles. The van der Waals surface area contributed by atoms with Crippen molar-refractivity contribution >= 4 is 5.91 Å². The average molecular weight is 214 g/mol. The molecule has 3 unspecified atom stereocenters. The summed E-state index contributed by atoms with van der Waals surface area (Å²) in [4.78, 5) is 11.2. The lowest BCUT2D eigenvalue weighted by Gasteiger charge is -2.32. The Balaban J connectivity index is 2.43. The van der Waals surface area contributed by atoms with E-state index in [1.54, 1.807) is 6.92 Å². The van der Waals surface area contributed by atoms with Crippen molar-refractivity contribution in [2.75, 3.05) is 0 Å². The van der Waals surface area contributed by atoms with Crippen LogP contribution in [0.15, 0.2) is 0 Å². The van der Waals surface area contributed by atoms with Crippen LogP contribution in [0, 0.1) is 5.92 Å². The van der Waals surface area contributed by atoms with Crippen molar-refractivity contribution in [1.29, 1.82) is 0 Å². The Morgan fingerprint density at radius 3 is 2.80 bits per heavy atom. The van der Waals surface area contributed by atoms with Gasteiger partial charge in [-0.1, -0.05) is 26.2 Å². The number of hydrogen-bond acceptors (Lipinski definition) is 3. The van der Waals surface area contributed by atoms with Gasteiger partial charge in [-0.25, -0.2) is 5.84 Å². The van der Waals surface area contributed by atoms with Crippen LogP contribution in [-0.2, 0) is 9.53 Å². The fourth-order valence-electron chi connectivity index (χ4n) is 2.26. The van der Waals surface area contributed by atoms with E-state index >= 15 is 0 Å². The summed E-state index contributed by atoms with van der Waals surface area (Å²) in [5.41, 5.74) is 2.12. The van der Waals surface area contributed by atoms with Gasteiger partial charge < -0.3 is 4.74 Å².